The van der Waals surface area contributed by atoms with E-state index in [2.05, 4.69) is 38.1 Å². The smallest absolute Gasteiger partial charge is 0.233 e. The number of benzene rings is 1. The molecule has 0 aliphatic carbocycles. The second-order valence-corrected chi connectivity index (χ2v) is 5.20. The van der Waals surface area contributed by atoms with Gasteiger partial charge >= 0.3 is 0 Å². The van der Waals surface area contributed by atoms with Gasteiger partial charge in [0.1, 0.15) is 29.0 Å². The van der Waals surface area contributed by atoms with Gasteiger partial charge in [0, 0.05) is 6.54 Å². The highest BCUT2D eigenvalue weighted by Crippen LogP contribution is 2.29. The van der Waals surface area contributed by atoms with E-state index in [0.717, 1.165) is 34.6 Å². The molecule has 1 heterocycles. The molecule has 0 radical (unpaired) electrons. The lowest BCUT2D eigenvalue weighted by Crippen LogP contribution is -2.05. The van der Waals surface area contributed by atoms with Crippen molar-refractivity contribution in [3.63, 3.8) is 0 Å². The minimum Gasteiger partial charge on any atom is -0.497 e. The van der Waals surface area contributed by atoms with E-state index in [9.17, 15) is 0 Å². The third-order valence-corrected chi connectivity index (χ3v) is 3.55. The van der Waals surface area contributed by atoms with Crippen molar-refractivity contribution < 1.29 is 9.47 Å². The van der Waals surface area contributed by atoms with Gasteiger partial charge in [-0.25, -0.2) is 9.97 Å². The normalized spacial score (nSPS) is 10.2. The summed E-state index contributed by atoms with van der Waals surface area (Å²) >= 11 is 3.48. The van der Waals surface area contributed by atoms with Crippen molar-refractivity contribution >= 4 is 21.7 Å². The zero-order valence-electron chi connectivity index (χ0n) is 12.1. The Morgan fingerprint density at radius 2 is 1.95 bits per heavy atom. The Kier molecular flexibility index (Phi) is 5.80. The fraction of sp³-hybridized carbons (Fsp3) is 0.333. The first-order valence-electron chi connectivity index (χ1n) is 6.74. The summed E-state index contributed by atoms with van der Waals surface area (Å²) in [5.74, 6) is 2.10. The summed E-state index contributed by atoms with van der Waals surface area (Å²) in [7, 11) is 1.65. The Hall–Kier alpha value is -1.82. The topological polar surface area (TPSA) is 56.3 Å². The van der Waals surface area contributed by atoms with Crippen LogP contribution in [0.2, 0.25) is 0 Å². The number of anilines is 1. The largest absolute Gasteiger partial charge is 0.497 e. The van der Waals surface area contributed by atoms with Gasteiger partial charge < -0.3 is 14.8 Å². The van der Waals surface area contributed by atoms with E-state index in [1.54, 1.807) is 7.11 Å². The fourth-order valence-electron chi connectivity index (χ4n) is 1.69. The Bertz CT molecular complexity index is 576. The molecule has 0 bridgehead atoms. The van der Waals surface area contributed by atoms with Gasteiger partial charge in [0.2, 0.25) is 5.88 Å². The number of hydrogen-bond donors (Lipinski definition) is 1. The highest BCUT2D eigenvalue weighted by molar-refractivity contribution is 9.10. The van der Waals surface area contributed by atoms with E-state index in [-0.39, 0.29) is 0 Å². The molecular weight excluding hydrogens is 334 g/mol. The average Bonchev–Trinajstić information content (AvgIpc) is 2.53. The van der Waals surface area contributed by atoms with Crippen LogP contribution in [0.1, 0.15) is 18.9 Å². The molecule has 0 spiro atoms. The van der Waals surface area contributed by atoms with E-state index in [1.807, 2.05) is 24.3 Å². The predicted octanol–water partition coefficient (Wildman–Crippen LogP) is 3.65. The number of nitrogens with zero attached hydrogens (tertiary/aromatic N) is 2. The van der Waals surface area contributed by atoms with Gasteiger partial charge in [-0.05, 0) is 40.0 Å². The third-order valence-electron chi connectivity index (χ3n) is 2.83. The van der Waals surface area contributed by atoms with E-state index in [0.29, 0.717) is 12.5 Å². The van der Waals surface area contributed by atoms with E-state index >= 15 is 0 Å². The molecule has 0 saturated heterocycles. The lowest BCUT2D eigenvalue weighted by atomic mass is 10.2. The zero-order chi connectivity index (χ0) is 15.1. The fourth-order valence-corrected chi connectivity index (χ4v) is 2.15. The summed E-state index contributed by atoms with van der Waals surface area (Å²) in [6.45, 7) is 3.39. The SMILES string of the molecule is CCCNc1ncnc(OCc2ccc(OC)cc2)c1Br. The Morgan fingerprint density at radius 3 is 2.62 bits per heavy atom. The number of methoxy groups -OCH3 is 1. The molecule has 0 aliphatic rings. The second kappa shape index (κ2) is 7.83. The van der Waals surface area contributed by atoms with Gasteiger partial charge in [0.25, 0.3) is 0 Å². The van der Waals surface area contributed by atoms with Crippen molar-refractivity contribution in [3.05, 3.63) is 40.6 Å². The summed E-state index contributed by atoms with van der Waals surface area (Å²) in [5, 5.41) is 3.22. The molecule has 2 aromatic rings. The van der Waals surface area contributed by atoms with Crippen molar-refractivity contribution in [3.8, 4) is 11.6 Å². The standard InChI is InChI=1S/C15H18BrN3O2/c1-3-8-17-14-13(16)15(19-10-18-14)21-9-11-4-6-12(20-2)7-5-11/h4-7,10H,3,8-9H2,1-2H3,(H,17,18,19). The van der Waals surface area contributed by atoms with Gasteiger partial charge in [-0.3, -0.25) is 0 Å². The number of rotatable bonds is 7. The van der Waals surface area contributed by atoms with Gasteiger partial charge in [-0.2, -0.15) is 0 Å². The monoisotopic (exact) mass is 351 g/mol. The molecule has 0 aliphatic heterocycles. The Balaban J connectivity index is 2.01. The van der Waals surface area contributed by atoms with Crippen LogP contribution in [0.5, 0.6) is 11.6 Å². The van der Waals surface area contributed by atoms with Crippen molar-refractivity contribution in [2.75, 3.05) is 19.0 Å². The quantitative estimate of drug-likeness (QED) is 0.824. The van der Waals surface area contributed by atoms with E-state index in [4.69, 9.17) is 9.47 Å². The van der Waals surface area contributed by atoms with Crippen LogP contribution in [-0.4, -0.2) is 23.6 Å². The van der Waals surface area contributed by atoms with Crippen molar-refractivity contribution in [2.45, 2.75) is 20.0 Å². The minimum absolute atomic E-state index is 0.437. The average molecular weight is 352 g/mol. The third kappa shape index (κ3) is 4.32. The summed E-state index contributed by atoms with van der Waals surface area (Å²) in [6, 6.07) is 7.73. The van der Waals surface area contributed by atoms with Gasteiger partial charge in [-0.1, -0.05) is 19.1 Å². The zero-order valence-corrected chi connectivity index (χ0v) is 13.7. The molecule has 1 N–H and O–H groups in total. The maximum atomic E-state index is 5.74. The molecule has 6 heteroatoms. The molecule has 0 unspecified atom stereocenters. The molecule has 0 amide bonds. The number of ether oxygens (including phenoxy) is 2. The lowest BCUT2D eigenvalue weighted by molar-refractivity contribution is 0.291. The Labute approximate surface area is 132 Å². The molecule has 1 aromatic carbocycles. The molecule has 5 nitrogen and oxygen atoms in total. The van der Waals surface area contributed by atoms with Crippen LogP contribution in [0, 0.1) is 0 Å². The first-order chi connectivity index (χ1) is 10.2. The van der Waals surface area contributed by atoms with Gasteiger partial charge in [0.05, 0.1) is 7.11 Å². The summed E-state index contributed by atoms with van der Waals surface area (Å²) < 4.78 is 11.6. The number of nitrogens with one attached hydrogen (secondary N) is 1. The number of aromatic nitrogens is 2. The summed E-state index contributed by atoms with van der Waals surface area (Å²) in [4.78, 5) is 8.34. The molecule has 112 valence electrons. The summed E-state index contributed by atoms with van der Waals surface area (Å²) in [5.41, 5.74) is 1.05. The minimum atomic E-state index is 0.437. The molecule has 2 rings (SSSR count). The molecule has 0 atom stereocenters. The van der Waals surface area contributed by atoms with E-state index < -0.39 is 0 Å². The first-order valence-corrected chi connectivity index (χ1v) is 7.54. The highest BCUT2D eigenvalue weighted by Gasteiger charge is 2.09. The maximum absolute atomic E-state index is 5.74. The van der Waals surface area contributed by atoms with Crippen molar-refractivity contribution in [1.82, 2.24) is 9.97 Å². The first kappa shape index (κ1) is 15.6. The van der Waals surface area contributed by atoms with Crippen LogP contribution in [0.25, 0.3) is 0 Å². The van der Waals surface area contributed by atoms with Gasteiger partial charge in [0.15, 0.2) is 0 Å². The molecule has 1 aromatic heterocycles. The van der Waals surface area contributed by atoms with Gasteiger partial charge in [-0.15, -0.1) is 0 Å². The lowest BCUT2D eigenvalue weighted by Gasteiger charge is -2.11. The molecule has 0 fully saturated rings. The van der Waals surface area contributed by atoms with Crippen LogP contribution < -0.4 is 14.8 Å². The van der Waals surface area contributed by atoms with Crippen LogP contribution in [0.4, 0.5) is 5.82 Å². The van der Waals surface area contributed by atoms with Crippen LogP contribution >= 0.6 is 15.9 Å². The van der Waals surface area contributed by atoms with Crippen molar-refractivity contribution in [1.29, 1.82) is 0 Å². The number of hydrogen-bond acceptors (Lipinski definition) is 5. The molecule has 0 saturated carbocycles. The Morgan fingerprint density at radius 1 is 1.19 bits per heavy atom. The predicted molar refractivity (Wildman–Crippen MR) is 85.8 cm³/mol. The van der Waals surface area contributed by atoms with E-state index in [1.165, 1.54) is 6.33 Å². The molecular formula is C15H18BrN3O2. The summed E-state index contributed by atoms with van der Waals surface area (Å²) in [6.07, 6.45) is 2.52. The second-order valence-electron chi connectivity index (χ2n) is 4.40. The molecule has 21 heavy (non-hydrogen) atoms. The maximum Gasteiger partial charge on any atom is 0.233 e. The van der Waals surface area contributed by atoms with Crippen LogP contribution in [0.3, 0.4) is 0 Å². The van der Waals surface area contributed by atoms with Crippen LogP contribution in [-0.2, 0) is 6.61 Å². The van der Waals surface area contributed by atoms with Crippen molar-refractivity contribution in [2.24, 2.45) is 0 Å². The van der Waals surface area contributed by atoms with Crippen LogP contribution in [0.15, 0.2) is 35.1 Å². The highest BCUT2D eigenvalue weighted by atomic mass is 79.9. The number of halogens is 1.